The Morgan fingerprint density at radius 1 is 1.02 bits per heavy atom. The first-order valence-corrected chi connectivity index (χ1v) is 20.3. The van der Waals surface area contributed by atoms with Crippen LogP contribution in [0.15, 0.2) is 30.3 Å². The Labute approximate surface area is 333 Å². The number of rotatable bonds is 21. The average molecular weight is 786 g/mol. The molecule has 2 saturated heterocycles. The third-order valence-electron chi connectivity index (χ3n) is 12.2. The molecule has 0 radical (unpaired) electrons. The zero-order chi connectivity index (χ0) is 41.9. The highest BCUT2D eigenvalue weighted by Gasteiger charge is 2.45. The summed E-state index contributed by atoms with van der Waals surface area (Å²) in [6.45, 7) is 13.8. The SMILES string of the molecule is CCC(C)C(C(CC(=O)N1CCCC1C(OC)C(C)C(=O)NC(Cc1ccccc1)C(=O)O)OC)N(C)C(=O)C(NC(=O)C1C(C)CC(CC)N1C=O)C(C)C. The lowest BCUT2D eigenvalue weighted by Crippen LogP contribution is -2.59. The van der Waals surface area contributed by atoms with Crippen LogP contribution >= 0.6 is 0 Å². The lowest BCUT2D eigenvalue weighted by atomic mass is 9.89. The van der Waals surface area contributed by atoms with Crippen LogP contribution in [0.1, 0.15) is 92.6 Å². The van der Waals surface area contributed by atoms with Crippen LogP contribution in [0, 0.1) is 23.7 Å². The predicted molar refractivity (Wildman–Crippen MR) is 212 cm³/mol. The summed E-state index contributed by atoms with van der Waals surface area (Å²) < 4.78 is 11.9. The standard InChI is InChI=1S/C42H67N5O9/c1-11-26(5)36(45(8)41(52)35(25(3)4)44-40(51)37-27(6)21-30(12-2)47(37)24-48)33(55-9)23-34(49)46-20-16-19-32(46)38(56-10)28(7)39(50)43-31(42(53)54)22-29-17-14-13-15-18-29/h13-15,17-18,24-28,30-33,35-38H,11-12,16,19-23H2,1-10H3,(H,43,50)(H,44,51)(H,53,54). The lowest BCUT2D eigenvalue weighted by molar-refractivity contribution is -0.148. The van der Waals surface area contributed by atoms with Gasteiger partial charge in [0.05, 0.1) is 36.6 Å². The van der Waals surface area contributed by atoms with Crippen LogP contribution in [-0.2, 0) is 44.7 Å². The van der Waals surface area contributed by atoms with Crippen molar-refractivity contribution in [3.8, 4) is 0 Å². The fourth-order valence-electron chi connectivity index (χ4n) is 8.75. The highest BCUT2D eigenvalue weighted by molar-refractivity contribution is 5.91. The van der Waals surface area contributed by atoms with Gasteiger partial charge >= 0.3 is 5.97 Å². The maximum absolute atomic E-state index is 14.3. The third kappa shape index (κ3) is 11.1. The average Bonchev–Trinajstić information content (AvgIpc) is 3.80. The number of likely N-dealkylation sites (tertiary alicyclic amines) is 2. The van der Waals surface area contributed by atoms with Gasteiger partial charge in [-0.05, 0) is 49.0 Å². The molecule has 11 unspecified atom stereocenters. The summed E-state index contributed by atoms with van der Waals surface area (Å²) in [4.78, 5) is 84.8. The third-order valence-corrected chi connectivity index (χ3v) is 12.2. The monoisotopic (exact) mass is 785 g/mol. The molecule has 1 aromatic rings. The molecule has 3 N–H and O–H groups in total. The molecule has 314 valence electrons. The molecule has 0 aromatic heterocycles. The molecule has 0 aliphatic carbocycles. The van der Waals surface area contributed by atoms with Crippen LogP contribution in [-0.4, -0.2) is 132 Å². The lowest BCUT2D eigenvalue weighted by Gasteiger charge is -2.41. The van der Waals surface area contributed by atoms with Crippen LogP contribution in [0.5, 0.6) is 0 Å². The van der Waals surface area contributed by atoms with E-state index in [4.69, 9.17) is 9.47 Å². The molecule has 1 aromatic carbocycles. The number of hydrogen-bond acceptors (Lipinski definition) is 8. The first-order valence-electron chi connectivity index (χ1n) is 20.3. The number of ether oxygens (including phenoxy) is 2. The molecule has 2 aliphatic rings. The van der Waals surface area contributed by atoms with Crippen molar-refractivity contribution in [1.29, 1.82) is 0 Å². The van der Waals surface area contributed by atoms with Gasteiger partial charge in [-0.3, -0.25) is 24.0 Å². The second-order valence-corrected chi connectivity index (χ2v) is 16.2. The maximum Gasteiger partial charge on any atom is 0.326 e. The van der Waals surface area contributed by atoms with Crippen LogP contribution in [0.4, 0.5) is 0 Å². The molecule has 11 atom stereocenters. The first kappa shape index (κ1) is 46.3. The van der Waals surface area contributed by atoms with Crippen molar-refractivity contribution >= 4 is 36.0 Å². The zero-order valence-electron chi connectivity index (χ0n) is 35.1. The zero-order valence-corrected chi connectivity index (χ0v) is 35.1. The summed E-state index contributed by atoms with van der Waals surface area (Å²) in [5.74, 6) is -3.69. The van der Waals surface area contributed by atoms with E-state index in [0.29, 0.717) is 32.2 Å². The van der Waals surface area contributed by atoms with Crippen molar-refractivity contribution in [2.24, 2.45) is 23.7 Å². The summed E-state index contributed by atoms with van der Waals surface area (Å²) in [7, 11) is 4.69. The van der Waals surface area contributed by atoms with Gasteiger partial charge in [-0.25, -0.2) is 4.79 Å². The molecule has 14 nitrogen and oxygen atoms in total. The van der Waals surface area contributed by atoms with Gasteiger partial charge in [0.2, 0.25) is 30.0 Å². The Hall–Kier alpha value is -4.04. The number of carbonyl (C=O) groups is 6. The van der Waals surface area contributed by atoms with E-state index in [1.165, 1.54) is 14.2 Å². The summed E-state index contributed by atoms with van der Waals surface area (Å²) in [5, 5.41) is 15.5. The van der Waals surface area contributed by atoms with Gasteiger partial charge in [-0.1, -0.05) is 85.2 Å². The fourth-order valence-corrected chi connectivity index (χ4v) is 8.75. The molecule has 2 aliphatic heterocycles. The van der Waals surface area contributed by atoms with Crippen molar-refractivity contribution in [3.63, 3.8) is 0 Å². The second kappa shape index (κ2) is 21.5. The predicted octanol–water partition coefficient (Wildman–Crippen LogP) is 3.51. The summed E-state index contributed by atoms with van der Waals surface area (Å²) >= 11 is 0. The Morgan fingerprint density at radius 2 is 1.68 bits per heavy atom. The van der Waals surface area contributed by atoms with Crippen molar-refractivity contribution < 1.29 is 43.3 Å². The van der Waals surface area contributed by atoms with Gasteiger partial charge in [0, 0.05) is 40.3 Å². The Bertz CT molecular complexity index is 1480. The minimum Gasteiger partial charge on any atom is -0.480 e. The fraction of sp³-hybridized carbons (Fsp3) is 0.714. The Balaban J connectivity index is 1.78. The highest BCUT2D eigenvalue weighted by atomic mass is 16.5. The molecule has 56 heavy (non-hydrogen) atoms. The first-order chi connectivity index (χ1) is 26.6. The molecule has 14 heteroatoms. The van der Waals surface area contributed by atoms with Gasteiger partial charge in [0.15, 0.2) is 0 Å². The summed E-state index contributed by atoms with van der Waals surface area (Å²) in [6.07, 6.45) is 2.83. The molecule has 2 heterocycles. The van der Waals surface area contributed by atoms with Gasteiger partial charge in [-0.15, -0.1) is 0 Å². The van der Waals surface area contributed by atoms with Crippen LogP contribution in [0.25, 0.3) is 0 Å². The normalized spacial score (nSPS) is 23.4. The highest BCUT2D eigenvalue weighted by Crippen LogP contribution is 2.32. The molecule has 0 saturated carbocycles. The van der Waals surface area contributed by atoms with Gasteiger partial charge in [-0.2, -0.15) is 0 Å². The summed E-state index contributed by atoms with van der Waals surface area (Å²) in [5.41, 5.74) is 0.777. The molecular formula is C42H67N5O9. The van der Waals surface area contributed by atoms with E-state index >= 15 is 0 Å². The minimum absolute atomic E-state index is 0.0344. The maximum atomic E-state index is 14.3. The van der Waals surface area contributed by atoms with Crippen molar-refractivity contribution in [2.75, 3.05) is 27.8 Å². The Kier molecular flexibility index (Phi) is 17.8. The molecular weight excluding hydrogens is 718 g/mol. The molecule has 3 rings (SSSR count). The van der Waals surface area contributed by atoms with E-state index in [1.54, 1.807) is 40.8 Å². The van der Waals surface area contributed by atoms with Crippen molar-refractivity contribution in [2.45, 2.75) is 142 Å². The smallest absolute Gasteiger partial charge is 0.326 e. The largest absolute Gasteiger partial charge is 0.480 e. The van der Waals surface area contributed by atoms with Gasteiger partial charge in [0.25, 0.3) is 0 Å². The molecule has 0 bridgehead atoms. The number of likely N-dealkylation sites (N-methyl/N-ethyl adjacent to an activating group) is 1. The Morgan fingerprint density at radius 3 is 2.21 bits per heavy atom. The summed E-state index contributed by atoms with van der Waals surface area (Å²) in [6, 6.07) is 5.39. The van der Waals surface area contributed by atoms with E-state index in [0.717, 1.165) is 18.4 Å². The van der Waals surface area contributed by atoms with E-state index < -0.39 is 60.2 Å². The second-order valence-electron chi connectivity index (χ2n) is 16.2. The number of amides is 5. The number of benzene rings is 1. The number of aliphatic carboxylic acids is 1. The van der Waals surface area contributed by atoms with Crippen molar-refractivity contribution in [1.82, 2.24) is 25.3 Å². The van der Waals surface area contributed by atoms with Gasteiger partial charge < -0.3 is 39.9 Å². The number of hydrogen-bond donors (Lipinski definition) is 3. The topological polar surface area (TPSA) is 175 Å². The van der Waals surface area contributed by atoms with Crippen molar-refractivity contribution in [3.05, 3.63) is 35.9 Å². The van der Waals surface area contributed by atoms with Crippen LogP contribution < -0.4 is 10.6 Å². The number of carbonyl (C=O) groups excluding carboxylic acids is 5. The van der Waals surface area contributed by atoms with E-state index in [9.17, 15) is 33.9 Å². The number of methoxy groups -OCH3 is 2. The quantitative estimate of drug-likeness (QED) is 0.158. The molecule has 5 amide bonds. The minimum atomic E-state index is -1.15. The van der Waals surface area contributed by atoms with E-state index in [2.05, 4.69) is 10.6 Å². The number of nitrogens with one attached hydrogen (secondary N) is 2. The molecule has 2 fully saturated rings. The van der Waals surface area contributed by atoms with Gasteiger partial charge in [0.1, 0.15) is 18.1 Å². The number of carboxylic acids is 1. The molecule has 0 spiro atoms. The van der Waals surface area contributed by atoms with Crippen LogP contribution in [0.2, 0.25) is 0 Å². The van der Waals surface area contributed by atoms with E-state index in [1.807, 2.05) is 59.7 Å². The number of nitrogens with zero attached hydrogens (tertiary/aromatic N) is 3. The van der Waals surface area contributed by atoms with E-state index in [-0.39, 0.29) is 54.4 Å². The number of carboxylic acid groups (broad SMARTS) is 1. The van der Waals surface area contributed by atoms with Crippen LogP contribution in [0.3, 0.4) is 0 Å².